The molecular formula is C19H33NO. The normalized spacial score (nSPS) is 12.3. The van der Waals surface area contributed by atoms with E-state index < -0.39 is 0 Å². The molecule has 0 amide bonds. The lowest BCUT2D eigenvalue weighted by Gasteiger charge is -2.17. The number of rotatable bonds is 12. The molecule has 0 saturated heterocycles. The van der Waals surface area contributed by atoms with E-state index in [1.807, 2.05) is 6.07 Å². The summed E-state index contributed by atoms with van der Waals surface area (Å²) in [5.41, 5.74) is 1.31. The van der Waals surface area contributed by atoms with Crippen molar-refractivity contribution in [3.63, 3.8) is 0 Å². The van der Waals surface area contributed by atoms with Crippen molar-refractivity contribution in [1.82, 2.24) is 5.32 Å². The molecule has 0 aliphatic heterocycles. The highest BCUT2D eigenvalue weighted by Crippen LogP contribution is 2.20. The van der Waals surface area contributed by atoms with Gasteiger partial charge in [-0.3, -0.25) is 0 Å². The first kappa shape index (κ1) is 18.0. The monoisotopic (exact) mass is 291 g/mol. The lowest BCUT2D eigenvalue weighted by molar-refractivity contribution is 0.403. The molecule has 1 N–H and O–H groups in total. The molecule has 1 aromatic rings. The zero-order chi connectivity index (χ0) is 15.3. The second kappa shape index (κ2) is 11.6. The van der Waals surface area contributed by atoms with Crippen LogP contribution < -0.4 is 10.1 Å². The van der Waals surface area contributed by atoms with E-state index in [1.54, 1.807) is 7.11 Å². The average molecular weight is 291 g/mol. The fourth-order valence-electron chi connectivity index (χ4n) is 2.83. The molecule has 0 saturated carbocycles. The van der Waals surface area contributed by atoms with Crippen LogP contribution in [0.2, 0.25) is 0 Å². The molecule has 1 rings (SSSR count). The van der Waals surface area contributed by atoms with Crippen LogP contribution in [-0.2, 0) is 6.42 Å². The van der Waals surface area contributed by atoms with Crippen molar-refractivity contribution in [2.75, 3.05) is 14.2 Å². The number of ether oxygens (including phenoxy) is 1. The number of unbranched alkanes of at least 4 members (excludes halogenated alkanes) is 6. The summed E-state index contributed by atoms with van der Waals surface area (Å²) in [5.74, 6) is 1.01. The van der Waals surface area contributed by atoms with Gasteiger partial charge in [-0.25, -0.2) is 0 Å². The molecule has 0 aliphatic rings. The Kier molecular flexibility index (Phi) is 9.98. The molecule has 2 heteroatoms. The van der Waals surface area contributed by atoms with E-state index in [1.165, 1.54) is 56.9 Å². The molecule has 0 fully saturated rings. The summed E-state index contributed by atoms with van der Waals surface area (Å²) in [6.45, 7) is 2.27. The Morgan fingerprint density at radius 1 is 1.00 bits per heavy atom. The summed E-state index contributed by atoms with van der Waals surface area (Å²) >= 11 is 0. The highest BCUT2D eigenvalue weighted by Gasteiger charge is 2.10. The molecule has 1 unspecified atom stereocenters. The summed E-state index contributed by atoms with van der Waals surface area (Å²) < 4.78 is 5.44. The van der Waals surface area contributed by atoms with Gasteiger partial charge in [0.1, 0.15) is 5.75 Å². The summed E-state index contributed by atoms with van der Waals surface area (Å²) in [7, 11) is 3.82. The van der Waals surface area contributed by atoms with Gasteiger partial charge in [-0.2, -0.15) is 0 Å². The minimum absolute atomic E-state index is 0.553. The number of nitrogens with one attached hydrogen (secondary N) is 1. The number of benzene rings is 1. The van der Waals surface area contributed by atoms with Gasteiger partial charge >= 0.3 is 0 Å². The second-order valence-electron chi connectivity index (χ2n) is 5.91. The second-order valence-corrected chi connectivity index (χ2v) is 5.91. The van der Waals surface area contributed by atoms with Crippen molar-refractivity contribution in [1.29, 1.82) is 0 Å². The van der Waals surface area contributed by atoms with Gasteiger partial charge in [-0.15, -0.1) is 0 Å². The predicted octanol–water partition coefficient (Wildman–Crippen LogP) is 4.97. The summed E-state index contributed by atoms with van der Waals surface area (Å²) in [5, 5.41) is 3.46. The number of methoxy groups -OCH3 is 1. The van der Waals surface area contributed by atoms with Crippen LogP contribution in [0, 0.1) is 0 Å². The van der Waals surface area contributed by atoms with E-state index in [0.717, 1.165) is 12.2 Å². The van der Waals surface area contributed by atoms with Gasteiger partial charge in [0.2, 0.25) is 0 Å². The van der Waals surface area contributed by atoms with Crippen LogP contribution in [-0.4, -0.2) is 20.2 Å². The Morgan fingerprint density at radius 3 is 2.33 bits per heavy atom. The van der Waals surface area contributed by atoms with Gasteiger partial charge in [0.15, 0.2) is 0 Å². The standard InChI is InChI=1S/C19H33NO/c1-4-5-6-7-8-9-10-14-18(20-2)16-17-13-11-12-15-19(17)21-3/h11-13,15,18,20H,4-10,14,16H2,1-3H3. The quantitative estimate of drug-likeness (QED) is 0.549. The molecule has 0 spiro atoms. The van der Waals surface area contributed by atoms with Crippen molar-refractivity contribution < 1.29 is 4.74 Å². The SMILES string of the molecule is CCCCCCCCCC(Cc1ccccc1OC)NC. The number of para-hydroxylation sites is 1. The predicted molar refractivity (Wildman–Crippen MR) is 92.2 cm³/mol. The van der Waals surface area contributed by atoms with Gasteiger partial charge < -0.3 is 10.1 Å². The third-order valence-electron chi connectivity index (χ3n) is 4.22. The van der Waals surface area contributed by atoms with Crippen LogP contribution in [0.1, 0.15) is 63.9 Å². The zero-order valence-electron chi connectivity index (χ0n) is 14.2. The Balaban J connectivity index is 2.25. The lowest BCUT2D eigenvalue weighted by atomic mass is 9.99. The summed E-state index contributed by atoms with van der Waals surface area (Å²) in [4.78, 5) is 0. The van der Waals surface area contributed by atoms with Crippen LogP contribution in [0.25, 0.3) is 0 Å². The van der Waals surface area contributed by atoms with Crippen molar-refractivity contribution in [3.8, 4) is 5.75 Å². The minimum atomic E-state index is 0.553. The summed E-state index contributed by atoms with van der Waals surface area (Å²) in [6, 6.07) is 8.91. The summed E-state index contributed by atoms with van der Waals surface area (Å²) in [6.07, 6.45) is 11.9. The van der Waals surface area contributed by atoms with Gasteiger partial charge in [0, 0.05) is 6.04 Å². The Bertz CT molecular complexity index is 364. The van der Waals surface area contributed by atoms with Crippen molar-refractivity contribution in [2.24, 2.45) is 0 Å². The highest BCUT2D eigenvalue weighted by atomic mass is 16.5. The van der Waals surface area contributed by atoms with Crippen molar-refractivity contribution >= 4 is 0 Å². The van der Waals surface area contributed by atoms with Gasteiger partial charge in [0.05, 0.1) is 7.11 Å². The maximum absolute atomic E-state index is 5.44. The fourth-order valence-corrected chi connectivity index (χ4v) is 2.83. The van der Waals surface area contributed by atoms with E-state index in [-0.39, 0.29) is 0 Å². The van der Waals surface area contributed by atoms with Crippen LogP contribution in [0.15, 0.2) is 24.3 Å². The van der Waals surface area contributed by atoms with E-state index in [2.05, 4.69) is 37.5 Å². The number of hydrogen-bond acceptors (Lipinski definition) is 2. The van der Waals surface area contributed by atoms with Crippen molar-refractivity contribution in [3.05, 3.63) is 29.8 Å². The molecule has 21 heavy (non-hydrogen) atoms. The van der Waals surface area contributed by atoms with Gasteiger partial charge in [-0.1, -0.05) is 70.1 Å². The first-order chi connectivity index (χ1) is 10.3. The highest BCUT2D eigenvalue weighted by molar-refractivity contribution is 5.33. The zero-order valence-corrected chi connectivity index (χ0v) is 14.2. The largest absolute Gasteiger partial charge is 0.496 e. The van der Waals surface area contributed by atoms with Crippen LogP contribution in [0.3, 0.4) is 0 Å². The van der Waals surface area contributed by atoms with E-state index in [9.17, 15) is 0 Å². The molecule has 0 aromatic heterocycles. The van der Waals surface area contributed by atoms with E-state index >= 15 is 0 Å². The number of hydrogen-bond donors (Lipinski definition) is 1. The van der Waals surface area contributed by atoms with Gasteiger partial charge in [-0.05, 0) is 31.5 Å². The Morgan fingerprint density at radius 2 is 1.67 bits per heavy atom. The lowest BCUT2D eigenvalue weighted by Crippen LogP contribution is -2.27. The molecule has 1 atom stereocenters. The third-order valence-corrected chi connectivity index (χ3v) is 4.22. The van der Waals surface area contributed by atoms with Crippen molar-refractivity contribution in [2.45, 2.75) is 70.8 Å². The van der Waals surface area contributed by atoms with Gasteiger partial charge in [0.25, 0.3) is 0 Å². The molecule has 0 bridgehead atoms. The molecule has 120 valence electrons. The molecule has 1 aromatic carbocycles. The Hall–Kier alpha value is -1.02. The molecular weight excluding hydrogens is 258 g/mol. The van der Waals surface area contributed by atoms with Crippen LogP contribution in [0.5, 0.6) is 5.75 Å². The molecule has 2 nitrogen and oxygen atoms in total. The van der Waals surface area contributed by atoms with E-state index in [4.69, 9.17) is 4.74 Å². The smallest absolute Gasteiger partial charge is 0.122 e. The molecule has 0 aliphatic carbocycles. The topological polar surface area (TPSA) is 21.3 Å². The third kappa shape index (κ3) is 7.52. The van der Waals surface area contributed by atoms with E-state index in [0.29, 0.717) is 6.04 Å². The first-order valence-corrected chi connectivity index (χ1v) is 8.61. The number of likely N-dealkylation sites (N-methyl/N-ethyl adjacent to an activating group) is 1. The molecule has 0 heterocycles. The molecule has 0 radical (unpaired) electrons. The van der Waals surface area contributed by atoms with Crippen LogP contribution >= 0.6 is 0 Å². The van der Waals surface area contributed by atoms with Crippen LogP contribution in [0.4, 0.5) is 0 Å². The first-order valence-electron chi connectivity index (χ1n) is 8.61. The maximum atomic E-state index is 5.44. The fraction of sp³-hybridized carbons (Fsp3) is 0.684. The maximum Gasteiger partial charge on any atom is 0.122 e. The Labute approximate surface area is 131 Å². The average Bonchev–Trinajstić information content (AvgIpc) is 2.53. The minimum Gasteiger partial charge on any atom is -0.496 e.